The average molecular weight is 1200 g/mol. The van der Waals surface area contributed by atoms with Gasteiger partial charge in [0.2, 0.25) is 0 Å². The Morgan fingerprint density at radius 2 is 0.643 bits per heavy atom. The fourth-order valence-corrected chi connectivity index (χ4v) is 10.1. The lowest BCUT2D eigenvalue weighted by Gasteiger charge is -2.21. The third-order valence-electron chi connectivity index (χ3n) is 14.5. The molecule has 484 valence electrons. The van der Waals surface area contributed by atoms with Crippen molar-refractivity contribution in [2.24, 2.45) is 0 Å². The number of aliphatic hydroxyl groups is 1. The van der Waals surface area contributed by atoms with Gasteiger partial charge in [-0.15, -0.1) is 0 Å². The van der Waals surface area contributed by atoms with Crippen LogP contribution in [0.25, 0.3) is 0 Å². The number of ether oxygens (including phenoxy) is 3. The Kier molecular flexibility index (Phi) is 62.6. The second-order valence-electron chi connectivity index (χ2n) is 22.6. The van der Waals surface area contributed by atoms with Gasteiger partial charge in [-0.3, -0.25) is 23.4 Å². The maximum atomic E-state index is 13.0. The van der Waals surface area contributed by atoms with E-state index in [9.17, 15) is 28.9 Å². The summed E-state index contributed by atoms with van der Waals surface area (Å²) < 4.78 is 39.7. The molecule has 0 aliphatic carbocycles. The molecule has 0 aliphatic heterocycles. The van der Waals surface area contributed by atoms with Crippen LogP contribution in [-0.2, 0) is 42.2 Å². The monoisotopic (exact) mass is 1200 g/mol. The summed E-state index contributed by atoms with van der Waals surface area (Å²) in [6.07, 6.45) is 79.4. The molecule has 0 amide bonds. The minimum atomic E-state index is -4.78. The zero-order valence-corrected chi connectivity index (χ0v) is 54.7. The van der Waals surface area contributed by atoms with E-state index in [1.54, 1.807) is 0 Å². The lowest BCUT2D eigenvalue weighted by atomic mass is 10.0. The largest absolute Gasteiger partial charge is 0.472 e. The number of rotatable bonds is 63. The summed E-state index contributed by atoms with van der Waals surface area (Å²) in [6.45, 7) is 4.47. The van der Waals surface area contributed by atoms with Crippen LogP contribution in [0.4, 0.5) is 0 Å². The molecule has 0 aromatic rings. The first kappa shape index (κ1) is 80.4. The minimum Gasteiger partial charge on any atom is -0.462 e. The predicted octanol–water partition coefficient (Wildman–Crippen LogP) is 21.2. The number of phosphoric acid groups is 1. The van der Waals surface area contributed by atoms with E-state index in [0.29, 0.717) is 25.7 Å². The zero-order chi connectivity index (χ0) is 61.2. The first-order valence-electron chi connectivity index (χ1n) is 34.1. The molecule has 0 heterocycles. The number of aliphatic hydroxyl groups excluding tert-OH is 1. The van der Waals surface area contributed by atoms with Crippen molar-refractivity contribution in [3.05, 3.63) is 97.2 Å². The molecule has 0 rings (SSSR count). The molecular formula is C72H125O11P. The Hall–Kier alpha value is -3.60. The Bertz CT molecular complexity index is 1780. The topological polar surface area (TPSA) is 155 Å². The Labute approximate surface area is 514 Å². The third-order valence-corrected chi connectivity index (χ3v) is 15.5. The Balaban J connectivity index is 4.76. The maximum Gasteiger partial charge on any atom is 0.472 e. The average Bonchev–Trinajstić information content (AvgIpc) is 3.53. The smallest absolute Gasteiger partial charge is 0.462 e. The Morgan fingerprint density at radius 3 is 1.05 bits per heavy atom. The second-order valence-corrected chi connectivity index (χ2v) is 24.1. The fourth-order valence-electron chi connectivity index (χ4n) is 9.36. The van der Waals surface area contributed by atoms with Crippen LogP contribution >= 0.6 is 7.82 Å². The third kappa shape index (κ3) is 62.9. The van der Waals surface area contributed by atoms with Gasteiger partial charge in [-0.25, -0.2) is 4.57 Å². The van der Waals surface area contributed by atoms with Gasteiger partial charge in [0.15, 0.2) is 6.10 Å². The highest BCUT2D eigenvalue weighted by Crippen LogP contribution is 2.43. The highest BCUT2D eigenvalue weighted by atomic mass is 31.2. The summed E-state index contributed by atoms with van der Waals surface area (Å²) in [5, 5.41) is 9.88. The van der Waals surface area contributed by atoms with E-state index < -0.39 is 57.8 Å². The van der Waals surface area contributed by atoms with Gasteiger partial charge in [-0.2, -0.15) is 0 Å². The molecule has 84 heavy (non-hydrogen) atoms. The SMILES string of the molecule is CC/C=C\C/C=C\C/C=C\C/C=C\C/C=C\C/C=C\CCC(=O)OC(COC(=O)CCCCCCCCCCCCCCCCCCCCC)COP(=O)(O)OCC(CO)OC(=O)CCCCCCCCCCC/C=C\C/C=C\CCCCC. The molecule has 0 aromatic carbocycles. The molecule has 0 bridgehead atoms. The Morgan fingerprint density at radius 1 is 0.345 bits per heavy atom. The van der Waals surface area contributed by atoms with Gasteiger partial charge in [0.05, 0.1) is 19.8 Å². The molecule has 0 fully saturated rings. The summed E-state index contributed by atoms with van der Waals surface area (Å²) in [5.41, 5.74) is 0. The van der Waals surface area contributed by atoms with Gasteiger partial charge < -0.3 is 24.2 Å². The quantitative estimate of drug-likeness (QED) is 0.0197. The first-order chi connectivity index (χ1) is 41.2. The van der Waals surface area contributed by atoms with Crippen LogP contribution in [0.1, 0.15) is 303 Å². The van der Waals surface area contributed by atoms with Crippen molar-refractivity contribution in [1.82, 2.24) is 0 Å². The van der Waals surface area contributed by atoms with Gasteiger partial charge in [-0.05, 0) is 89.9 Å². The zero-order valence-electron chi connectivity index (χ0n) is 53.8. The molecule has 0 saturated heterocycles. The summed E-state index contributed by atoms with van der Waals surface area (Å²) in [4.78, 5) is 48.8. The van der Waals surface area contributed by atoms with Crippen molar-refractivity contribution in [3.8, 4) is 0 Å². The van der Waals surface area contributed by atoms with Crippen LogP contribution < -0.4 is 0 Å². The molecule has 0 radical (unpaired) electrons. The van der Waals surface area contributed by atoms with Crippen LogP contribution in [0.2, 0.25) is 0 Å². The molecule has 3 unspecified atom stereocenters. The van der Waals surface area contributed by atoms with E-state index >= 15 is 0 Å². The number of carbonyl (C=O) groups excluding carboxylic acids is 3. The van der Waals surface area contributed by atoms with E-state index in [-0.39, 0.29) is 25.9 Å². The molecule has 12 heteroatoms. The molecule has 0 aliphatic rings. The number of hydrogen-bond acceptors (Lipinski definition) is 10. The highest BCUT2D eigenvalue weighted by molar-refractivity contribution is 7.47. The first-order valence-corrected chi connectivity index (χ1v) is 35.6. The molecular weight excluding hydrogens is 1070 g/mol. The minimum absolute atomic E-state index is 0.0410. The highest BCUT2D eigenvalue weighted by Gasteiger charge is 2.28. The standard InChI is InChI=1S/C72H125O11P/c1-4-7-10-13-16-19-22-25-28-31-34-37-40-43-46-49-52-55-58-61-70(74)79-65-69(83-72(76)63-60-57-54-51-48-45-42-39-36-33-30-27-24-21-18-15-12-9-6-3)67-81-84(77,78)80-66-68(64-73)82-71(75)62-59-56-53-50-47-44-41-38-35-32-29-26-23-20-17-14-11-8-5-2/h9,12,17-18,20-21,26-27,29-30,36,39,45,48,54,57,68-69,73H,4-8,10-11,13-16,19,22-25,28,31-35,37-38,40-44,46-47,49-53,55-56,58-67H2,1-3H3,(H,77,78)/b12-9-,20-17-,21-18-,29-26-,30-27-,39-36-,48-45-,57-54-. The number of allylic oxidation sites excluding steroid dienone is 16. The number of phosphoric ester groups is 1. The number of esters is 3. The van der Waals surface area contributed by atoms with Crippen LogP contribution in [0, 0.1) is 0 Å². The lowest BCUT2D eigenvalue weighted by Crippen LogP contribution is -2.30. The van der Waals surface area contributed by atoms with Gasteiger partial charge in [0, 0.05) is 19.3 Å². The second kappa shape index (κ2) is 65.4. The normalized spacial score (nSPS) is 13.8. The van der Waals surface area contributed by atoms with Crippen molar-refractivity contribution < 1.29 is 52.2 Å². The van der Waals surface area contributed by atoms with E-state index in [1.165, 1.54) is 154 Å². The van der Waals surface area contributed by atoms with E-state index in [1.807, 2.05) is 12.2 Å². The van der Waals surface area contributed by atoms with Gasteiger partial charge in [0.25, 0.3) is 0 Å². The van der Waals surface area contributed by atoms with Crippen LogP contribution in [0.15, 0.2) is 97.2 Å². The summed E-state index contributed by atoms with van der Waals surface area (Å²) in [6, 6.07) is 0. The van der Waals surface area contributed by atoms with Crippen LogP contribution in [0.5, 0.6) is 0 Å². The van der Waals surface area contributed by atoms with Crippen molar-refractivity contribution >= 4 is 25.7 Å². The molecule has 0 saturated carbocycles. The van der Waals surface area contributed by atoms with Gasteiger partial charge in [-0.1, -0.05) is 291 Å². The summed E-state index contributed by atoms with van der Waals surface area (Å²) in [5.74, 6) is -1.56. The number of carbonyl (C=O) groups is 3. The van der Waals surface area contributed by atoms with Crippen LogP contribution in [-0.4, -0.2) is 66.5 Å². The maximum absolute atomic E-state index is 13.0. The molecule has 0 aromatic heterocycles. The molecule has 11 nitrogen and oxygen atoms in total. The summed E-state index contributed by atoms with van der Waals surface area (Å²) in [7, 11) is -4.78. The van der Waals surface area contributed by atoms with Crippen molar-refractivity contribution in [2.75, 3.05) is 26.4 Å². The number of unbranched alkanes of at least 4 members (excludes halogenated alkanes) is 30. The van der Waals surface area contributed by atoms with Gasteiger partial charge in [0.1, 0.15) is 12.7 Å². The fraction of sp³-hybridized carbons (Fsp3) is 0.736. The van der Waals surface area contributed by atoms with Gasteiger partial charge >= 0.3 is 25.7 Å². The summed E-state index contributed by atoms with van der Waals surface area (Å²) >= 11 is 0. The van der Waals surface area contributed by atoms with E-state index in [2.05, 4.69) is 106 Å². The molecule has 3 atom stereocenters. The van der Waals surface area contributed by atoms with Crippen molar-refractivity contribution in [2.45, 2.75) is 315 Å². The van der Waals surface area contributed by atoms with Crippen molar-refractivity contribution in [1.29, 1.82) is 0 Å². The van der Waals surface area contributed by atoms with Crippen LogP contribution in [0.3, 0.4) is 0 Å². The van der Waals surface area contributed by atoms with E-state index in [4.69, 9.17) is 23.3 Å². The predicted molar refractivity (Wildman–Crippen MR) is 353 cm³/mol. The lowest BCUT2D eigenvalue weighted by molar-refractivity contribution is -0.161. The van der Waals surface area contributed by atoms with E-state index in [0.717, 1.165) is 83.5 Å². The molecule has 0 spiro atoms. The molecule has 2 N–H and O–H groups in total. The number of hydrogen-bond donors (Lipinski definition) is 2. The van der Waals surface area contributed by atoms with Crippen molar-refractivity contribution in [3.63, 3.8) is 0 Å².